The summed E-state index contributed by atoms with van der Waals surface area (Å²) < 4.78 is 58.3. The Labute approximate surface area is 167 Å². The number of hydrogen-bond donors (Lipinski definition) is 2. The SMILES string of the molecule is COC(=O)CC(NC(=O)[C@H](C)NS(=O)(=O)c1ccccc1F)c1ccc(F)cc1. The largest absolute Gasteiger partial charge is 0.469 e. The number of hydrogen-bond acceptors (Lipinski definition) is 5. The second kappa shape index (κ2) is 9.57. The zero-order valence-corrected chi connectivity index (χ0v) is 16.5. The second-order valence-corrected chi connectivity index (χ2v) is 7.85. The first kappa shape index (κ1) is 22.4. The first-order valence-corrected chi connectivity index (χ1v) is 10.0. The summed E-state index contributed by atoms with van der Waals surface area (Å²) in [6.45, 7) is 1.27. The first-order chi connectivity index (χ1) is 13.6. The Kier molecular flexibility index (Phi) is 7.40. The Morgan fingerprint density at radius 2 is 1.69 bits per heavy atom. The smallest absolute Gasteiger partial charge is 0.307 e. The summed E-state index contributed by atoms with van der Waals surface area (Å²) >= 11 is 0. The van der Waals surface area contributed by atoms with E-state index in [2.05, 4.69) is 14.8 Å². The number of benzene rings is 2. The van der Waals surface area contributed by atoms with Crippen molar-refractivity contribution in [2.24, 2.45) is 0 Å². The summed E-state index contributed by atoms with van der Waals surface area (Å²) in [7, 11) is -3.12. The van der Waals surface area contributed by atoms with Gasteiger partial charge in [0.25, 0.3) is 0 Å². The third-order valence-corrected chi connectivity index (χ3v) is 5.61. The minimum absolute atomic E-state index is 0.249. The highest BCUT2D eigenvalue weighted by Crippen LogP contribution is 2.19. The summed E-state index contributed by atoms with van der Waals surface area (Å²) in [5.41, 5.74) is 0.425. The average Bonchev–Trinajstić information content (AvgIpc) is 2.67. The standard InChI is InChI=1S/C19H20F2N2O5S/c1-12(23-29(26,27)17-6-4-3-5-15(17)21)19(25)22-16(11-18(24)28-2)13-7-9-14(20)10-8-13/h3-10,12,16,23H,11H2,1-2H3,(H,22,25)/t12-,16?/m0/s1. The van der Waals surface area contributed by atoms with Crippen molar-refractivity contribution in [1.29, 1.82) is 0 Å². The molecule has 2 N–H and O–H groups in total. The molecule has 0 bridgehead atoms. The van der Waals surface area contributed by atoms with Gasteiger partial charge < -0.3 is 10.1 Å². The molecule has 2 aromatic carbocycles. The van der Waals surface area contributed by atoms with Gasteiger partial charge in [0.2, 0.25) is 15.9 Å². The van der Waals surface area contributed by atoms with Gasteiger partial charge in [0.05, 0.1) is 25.6 Å². The molecule has 0 spiro atoms. The van der Waals surface area contributed by atoms with E-state index in [0.29, 0.717) is 5.56 Å². The lowest BCUT2D eigenvalue weighted by atomic mass is 10.0. The maximum absolute atomic E-state index is 13.8. The topological polar surface area (TPSA) is 102 Å². The number of carbonyl (C=O) groups is 2. The van der Waals surface area contributed by atoms with Gasteiger partial charge in [-0.05, 0) is 36.8 Å². The predicted octanol–water partition coefficient (Wildman–Crippen LogP) is 2.05. The number of esters is 1. The molecule has 0 saturated carbocycles. The molecule has 0 saturated heterocycles. The van der Waals surface area contributed by atoms with Gasteiger partial charge in [-0.15, -0.1) is 0 Å². The molecule has 2 atom stereocenters. The molecular formula is C19H20F2N2O5S. The highest BCUT2D eigenvalue weighted by molar-refractivity contribution is 7.89. The van der Waals surface area contributed by atoms with Crippen LogP contribution in [0.1, 0.15) is 24.9 Å². The fraction of sp³-hybridized carbons (Fsp3) is 0.263. The molecule has 0 radical (unpaired) electrons. The van der Waals surface area contributed by atoms with E-state index in [1.165, 1.54) is 38.3 Å². The van der Waals surface area contributed by atoms with Crippen molar-refractivity contribution in [3.63, 3.8) is 0 Å². The van der Waals surface area contributed by atoms with Crippen LogP contribution in [0.5, 0.6) is 0 Å². The number of sulfonamides is 1. The van der Waals surface area contributed by atoms with Crippen molar-refractivity contribution in [3.05, 3.63) is 65.7 Å². The van der Waals surface area contributed by atoms with E-state index in [9.17, 15) is 26.8 Å². The molecule has 1 unspecified atom stereocenters. The zero-order valence-electron chi connectivity index (χ0n) is 15.7. The monoisotopic (exact) mass is 426 g/mol. The molecule has 0 fully saturated rings. The van der Waals surface area contributed by atoms with E-state index in [0.717, 1.165) is 24.3 Å². The summed E-state index contributed by atoms with van der Waals surface area (Å²) in [5, 5.41) is 2.52. The maximum atomic E-state index is 13.8. The van der Waals surface area contributed by atoms with Crippen LogP contribution in [0, 0.1) is 11.6 Å². The molecule has 0 aliphatic carbocycles. The molecule has 10 heteroatoms. The molecule has 1 amide bonds. The number of amides is 1. The van der Waals surface area contributed by atoms with Crippen molar-refractivity contribution in [2.45, 2.75) is 30.3 Å². The molecule has 0 heterocycles. The maximum Gasteiger partial charge on any atom is 0.307 e. The Balaban J connectivity index is 2.16. The van der Waals surface area contributed by atoms with E-state index in [1.54, 1.807) is 0 Å². The fourth-order valence-electron chi connectivity index (χ4n) is 2.51. The number of carbonyl (C=O) groups excluding carboxylic acids is 2. The minimum atomic E-state index is -4.30. The van der Waals surface area contributed by atoms with Crippen LogP contribution in [0.15, 0.2) is 53.4 Å². The van der Waals surface area contributed by atoms with E-state index >= 15 is 0 Å². The molecule has 0 aromatic heterocycles. The summed E-state index contributed by atoms with van der Waals surface area (Å²) in [6, 6.07) is 7.69. The van der Waals surface area contributed by atoms with Crippen LogP contribution in [0.2, 0.25) is 0 Å². The molecule has 7 nitrogen and oxygen atoms in total. The molecule has 2 rings (SSSR count). The minimum Gasteiger partial charge on any atom is -0.469 e. The van der Waals surface area contributed by atoms with Gasteiger partial charge in [0.1, 0.15) is 16.5 Å². The first-order valence-electron chi connectivity index (χ1n) is 8.53. The highest BCUT2D eigenvalue weighted by atomic mass is 32.2. The number of nitrogens with one attached hydrogen (secondary N) is 2. The lowest BCUT2D eigenvalue weighted by Crippen LogP contribution is -2.46. The van der Waals surface area contributed by atoms with Gasteiger partial charge in [0.15, 0.2) is 0 Å². The van der Waals surface area contributed by atoms with E-state index < -0.39 is 50.5 Å². The molecule has 2 aromatic rings. The number of rotatable bonds is 8. The van der Waals surface area contributed by atoms with E-state index in [1.807, 2.05) is 0 Å². The van der Waals surface area contributed by atoms with Crippen molar-refractivity contribution >= 4 is 21.9 Å². The van der Waals surface area contributed by atoms with Crippen LogP contribution < -0.4 is 10.0 Å². The quantitative estimate of drug-likeness (QED) is 0.629. The van der Waals surface area contributed by atoms with E-state index in [4.69, 9.17) is 0 Å². The van der Waals surface area contributed by atoms with Gasteiger partial charge in [-0.25, -0.2) is 17.2 Å². The van der Waals surface area contributed by atoms with Crippen LogP contribution in [0.3, 0.4) is 0 Å². The van der Waals surface area contributed by atoms with Crippen molar-refractivity contribution < 1.29 is 31.5 Å². The third-order valence-electron chi connectivity index (χ3n) is 4.04. The summed E-state index contributed by atoms with van der Waals surface area (Å²) in [5.74, 6) is -2.84. The zero-order chi connectivity index (χ0) is 21.6. The van der Waals surface area contributed by atoms with Crippen LogP contribution in [-0.2, 0) is 24.3 Å². The molecule has 0 aliphatic heterocycles. The van der Waals surface area contributed by atoms with Crippen LogP contribution in [0.4, 0.5) is 8.78 Å². The molecular weight excluding hydrogens is 406 g/mol. The normalized spacial score (nSPS) is 13.4. The fourth-order valence-corrected chi connectivity index (χ4v) is 3.79. The van der Waals surface area contributed by atoms with Gasteiger partial charge in [-0.3, -0.25) is 9.59 Å². The Hall–Kier alpha value is -2.85. The molecule has 29 heavy (non-hydrogen) atoms. The van der Waals surface area contributed by atoms with E-state index in [-0.39, 0.29) is 6.42 Å². The van der Waals surface area contributed by atoms with Crippen LogP contribution >= 0.6 is 0 Å². The highest BCUT2D eigenvalue weighted by Gasteiger charge is 2.27. The third kappa shape index (κ3) is 6.06. The van der Waals surface area contributed by atoms with Crippen LogP contribution in [-0.4, -0.2) is 33.4 Å². The number of ether oxygens (including phenoxy) is 1. The van der Waals surface area contributed by atoms with Crippen LogP contribution in [0.25, 0.3) is 0 Å². The molecule has 156 valence electrons. The molecule has 0 aliphatic rings. The Bertz CT molecular complexity index is 980. The van der Waals surface area contributed by atoms with Crippen molar-refractivity contribution in [3.8, 4) is 0 Å². The average molecular weight is 426 g/mol. The second-order valence-electron chi connectivity index (χ2n) is 6.17. The van der Waals surface area contributed by atoms with Crippen molar-refractivity contribution in [2.75, 3.05) is 7.11 Å². The Morgan fingerprint density at radius 1 is 1.07 bits per heavy atom. The Morgan fingerprint density at radius 3 is 2.28 bits per heavy atom. The lowest BCUT2D eigenvalue weighted by Gasteiger charge is -2.21. The number of halogens is 2. The lowest BCUT2D eigenvalue weighted by molar-refractivity contribution is -0.141. The van der Waals surface area contributed by atoms with Gasteiger partial charge >= 0.3 is 5.97 Å². The predicted molar refractivity (Wildman–Crippen MR) is 100 cm³/mol. The van der Waals surface area contributed by atoms with Gasteiger partial charge in [-0.1, -0.05) is 24.3 Å². The van der Waals surface area contributed by atoms with Crippen molar-refractivity contribution in [1.82, 2.24) is 10.0 Å². The van der Waals surface area contributed by atoms with Gasteiger partial charge in [0, 0.05) is 0 Å². The number of methoxy groups -OCH3 is 1. The summed E-state index contributed by atoms with van der Waals surface area (Å²) in [6.07, 6.45) is -0.249. The summed E-state index contributed by atoms with van der Waals surface area (Å²) in [4.78, 5) is 23.6. The van der Waals surface area contributed by atoms with Gasteiger partial charge in [-0.2, -0.15) is 4.72 Å².